The van der Waals surface area contributed by atoms with Gasteiger partial charge in [-0.2, -0.15) is 4.98 Å². The van der Waals surface area contributed by atoms with Crippen LogP contribution in [0.2, 0.25) is 0 Å². The molecule has 20 heavy (non-hydrogen) atoms. The molecule has 3 aromatic rings. The lowest BCUT2D eigenvalue weighted by Crippen LogP contribution is -1.84. The molecule has 1 aromatic heterocycles. The van der Waals surface area contributed by atoms with Gasteiger partial charge < -0.3 is 9.63 Å². The Balaban J connectivity index is 2.02. The lowest BCUT2D eigenvalue weighted by molar-refractivity contribution is 0.431. The van der Waals surface area contributed by atoms with E-state index in [1.165, 1.54) is 18.2 Å². The van der Waals surface area contributed by atoms with Crippen LogP contribution >= 0.6 is 15.9 Å². The van der Waals surface area contributed by atoms with Gasteiger partial charge in [0.2, 0.25) is 5.82 Å². The van der Waals surface area contributed by atoms with Crippen LogP contribution in [-0.2, 0) is 0 Å². The first kappa shape index (κ1) is 12.8. The Morgan fingerprint density at radius 1 is 1.10 bits per heavy atom. The van der Waals surface area contributed by atoms with Gasteiger partial charge in [0.15, 0.2) is 0 Å². The van der Waals surface area contributed by atoms with E-state index in [0.717, 1.165) is 0 Å². The monoisotopic (exact) mass is 334 g/mol. The van der Waals surface area contributed by atoms with Crippen molar-refractivity contribution in [1.82, 2.24) is 10.1 Å². The molecule has 0 aliphatic heterocycles. The molecule has 0 aliphatic carbocycles. The highest BCUT2D eigenvalue weighted by molar-refractivity contribution is 9.10. The molecule has 2 aromatic carbocycles. The molecule has 3 rings (SSSR count). The first-order valence-electron chi connectivity index (χ1n) is 5.72. The SMILES string of the molecule is Oc1ccc(-c2noc(-c3cccc(F)c3Br)n2)cc1. The van der Waals surface area contributed by atoms with E-state index >= 15 is 0 Å². The van der Waals surface area contributed by atoms with Crippen molar-refractivity contribution in [3.8, 4) is 28.6 Å². The van der Waals surface area contributed by atoms with Crippen molar-refractivity contribution >= 4 is 15.9 Å². The van der Waals surface area contributed by atoms with Gasteiger partial charge >= 0.3 is 0 Å². The molecule has 0 atom stereocenters. The largest absolute Gasteiger partial charge is 0.508 e. The topological polar surface area (TPSA) is 59.2 Å². The van der Waals surface area contributed by atoms with Gasteiger partial charge in [-0.1, -0.05) is 11.2 Å². The molecule has 0 fully saturated rings. The summed E-state index contributed by atoms with van der Waals surface area (Å²) < 4.78 is 18.9. The molecule has 0 radical (unpaired) electrons. The van der Waals surface area contributed by atoms with Crippen LogP contribution in [0, 0.1) is 5.82 Å². The Morgan fingerprint density at radius 2 is 1.85 bits per heavy atom. The zero-order valence-electron chi connectivity index (χ0n) is 10.0. The van der Waals surface area contributed by atoms with Crippen LogP contribution in [0.15, 0.2) is 51.5 Å². The number of phenols is 1. The van der Waals surface area contributed by atoms with Crippen molar-refractivity contribution in [1.29, 1.82) is 0 Å². The quantitative estimate of drug-likeness (QED) is 0.769. The van der Waals surface area contributed by atoms with E-state index in [2.05, 4.69) is 26.1 Å². The molecule has 0 saturated heterocycles. The van der Waals surface area contributed by atoms with Gasteiger partial charge in [-0.3, -0.25) is 0 Å². The van der Waals surface area contributed by atoms with Gasteiger partial charge in [-0.15, -0.1) is 0 Å². The summed E-state index contributed by atoms with van der Waals surface area (Å²) in [6.45, 7) is 0. The summed E-state index contributed by atoms with van der Waals surface area (Å²) in [6, 6.07) is 11.0. The van der Waals surface area contributed by atoms with Crippen LogP contribution < -0.4 is 0 Å². The normalized spacial score (nSPS) is 10.7. The third-order valence-corrected chi connectivity index (χ3v) is 3.54. The highest BCUT2D eigenvalue weighted by Gasteiger charge is 2.15. The van der Waals surface area contributed by atoms with Gasteiger partial charge in [-0.25, -0.2) is 4.39 Å². The minimum Gasteiger partial charge on any atom is -0.508 e. The summed E-state index contributed by atoms with van der Waals surface area (Å²) in [4.78, 5) is 4.23. The Kier molecular flexibility index (Phi) is 3.23. The number of aromatic nitrogens is 2. The molecule has 6 heteroatoms. The molecule has 0 aliphatic rings. The van der Waals surface area contributed by atoms with Crippen molar-refractivity contribution in [2.45, 2.75) is 0 Å². The number of benzene rings is 2. The van der Waals surface area contributed by atoms with Crippen LogP contribution in [-0.4, -0.2) is 15.2 Å². The minimum absolute atomic E-state index is 0.158. The van der Waals surface area contributed by atoms with E-state index in [0.29, 0.717) is 17.0 Å². The molecule has 0 amide bonds. The second kappa shape index (κ2) is 5.05. The Labute approximate surface area is 122 Å². The van der Waals surface area contributed by atoms with Crippen molar-refractivity contribution in [3.05, 3.63) is 52.8 Å². The van der Waals surface area contributed by atoms with Gasteiger partial charge in [-0.05, 0) is 52.3 Å². The maximum Gasteiger partial charge on any atom is 0.259 e. The number of hydrogen-bond donors (Lipinski definition) is 1. The van der Waals surface area contributed by atoms with Crippen molar-refractivity contribution in [2.24, 2.45) is 0 Å². The smallest absolute Gasteiger partial charge is 0.259 e. The summed E-state index contributed by atoms with van der Waals surface area (Å²) in [7, 11) is 0. The number of aromatic hydroxyl groups is 1. The van der Waals surface area contributed by atoms with E-state index in [1.807, 2.05) is 0 Å². The Hall–Kier alpha value is -2.21. The predicted molar refractivity (Wildman–Crippen MR) is 74.5 cm³/mol. The van der Waals surface area contributed by atoms with Crippen LogP contribution in [0.1, 0.15) is 0 Å². The summed E-state index contributed by atoms with van der Waals surface area (Å²) in [5.74, 6) is 0.354. The molecule has 0 saturated carbocycles. The van der Waals surface area contributed by atoms with E-state index in [9.17, 15) is 9.50 Å². The van der Waals surface area contributed by atoms with Crippen molar-refractivity contribution in [2.75, 3.05) is 0 Å². The number of rotatable bonds is 2. The summed E-state index contributed by atoms with van der Waals surface area (Å²) in [6.07, 6.45) is 0. The van der Waals surface area contributed by atoms with Crippen molar-refractivity contribution < 1.29 is 14.0 Å². The third-order valence-electron chi connectivity index (χ3n) is 2.73. The molecule has 0 spiro atoms. The Bertz CT molecular complexity index is 756. The summed E-state index contributed by atoms with van der Waals surface area (Å²) >= 11 is 3.16. The lowest BCUT2D eigenvalue weighted by Gasteiger charge is -1.99. The molecule has 1 N–H and O–H groups in total. The highest BCUT2D eigenvalue weighted by atomic mass is 79.9. The second-order valence-corrected chi connectivity index (χ2v) is 4.86. The second-order valence-electron chi connectivity index (χ2n) is 4.07. The summed E-state index contributed by atoms with van der Waals surface area (Å²) in [5, 5.41) is 13.1. The summed E-state index contributed by atoms with van der Waals surface area (Å²) in [5.41, 5.74) is 1.19. The Morgan fingerprint density at radius 3 is 2.60 bits per heavy atom. The standard InChI is InChI=1S/C14H8BrFN2O2/c15-12-10(2-1-3-11(12)16)14-17-13(18-20-14)8-4-6-9(19)7-5-8/h1-7,19H. The van der Waals surface area contributed by atoms with Crippen LogP contribution in [0.25, 0.3) is 22.8 Å². The van der Waals surface area contributed by atoms with E-state index < -0.39 is 5.82 Å². The molecule has 0 unspecified atom stereocenters. The zero-order chi connectivity index (χ0) is 14.1. The number of halogens is 2. The maximum absolute atomic E-state index is 13.5. The van der Waals surface area contributed by atoms with E-state index in [-0.39, 0.29) is 16.1 Å². The van der Waals surface area contributed by atoms with E-state index in [4.69, 9.17) is 4.52 Å². The molecule has 4 nitrogen and oxygen atoms in total. The average Bonchev–Trinajstić information content (AvgIpc) is 2.92. The fraction of sp³-hybridized carbons (Fsp3) is 0. The lowest BCUT2D eigenvalue weighted by atomic mass is 10.2. The fourth-order valence-corrected chi connectivity index (χ4v) is 2.16. The van der Waals surface area contributed by atoms with Gasteiger partial charge in [0.25, 0.3) is 5.89 Å². The molecular weight excluding hydrogens is 327 g/mol. The predicted octanol–water partition coefficient (Wildman–Crippen LogP) is 4.01. The van der Waals surface area contributed by atoms with Gasteiger partial charge in [0, 0.05) is 5.56 Å². The molecule has 100 valence electrons. The number of nitrogens with zero attached hydrogens (tertiary/aromatic N) is 2. The minimum atomic E-state index is -0.396. The highest BCUT2D eigenvalue weighted by Crippen LogP contribution is 2.30. The van der Waals surface area contributed by atoms with Crippen LogP contribution in [0.3, 0.4) is 0 Å². The fourth-order valence-electron chi connectivity index (χ4n) is 1.73. The van der Waals surface area contributed by atoms with E-state index in [1.54, 1.807) is 24.3 Å². The molecule has 1 heterocycles. The third kappa shape index (κ3) is 2.30. The maximum atomic E-state index is 13.5. The van der Waals surface area contributed by atoms with Crippen LogP contribution in [0.5, 0.6) is 5.75 Å². The van der Waals surface area contributed by atoms with Gasteiger partial charge in [0.05, 0.1) is 10.0 Å². The molecular formula is C14H8BrFN2O2. The van der Waals surface area contributed by atoms with Crippen LogP contribution in [0.4, 0.5) is 4.39 Å². The zero-order valence-corrected chi connectivity index (χ0v) is 11.6. The number of hydrogen-bond acceptors (Lipinski definition) is 4. The van der Waals surface area contributed by atoms with Crippen molar-refractivity contribution in [3.63, 3.8) is 0 Å². The first-order valence-corrected chi connectivity index (χ1v) is 6.52. The molecule has 0 bridgehead atoms. The first-order chi connectivity index (χ1) is 9.65. The average molecular weight is 335 g/mol. The van der Waals surface area contributed by atoms with Gasteiger partial charge in [0.1, 0.15) is 11.6 Å². The number of phenolic OH excluding ortho intramolecular Hbond substituents is 1.